The van der Waals surface area contributed by atoms with Gasteiger partial charge in [-0.15, -0.1) is 11.3 Å². The Bertz CT molecular complexity index is 391. The molecule has 1 aliphatic rings. The first-order valence-corrected chi connectivity index (χ1v) is 6.95. The van der Waals surface area contributed by atoms with Crippen molar-refractivity contribution in [1.82, 2.24) is 15.6 Å². The molecule has 0 bridgehead atoms. The molecule has 94 valence electrons. The van der Waals surface area contributed by atoms with Crippen LogP contribution in [-0.4, -0.2) is 23.5 Å². The summed E-state index contributed by atoms with van der Waals surface area (Å²) in [6, 6.07) is 0.445. The van der Waals surface area contributed by atoms with Crippen LogP contribution >= 0.6 is 11.3 Å². The number of hydrogen-bond acceptors (Lipinski definition) is 4. The van der Waals surface area contributed by atoms with Gasteiger partial charge in [-0.1, -0.05) is 0 Å². The molecule has 2 N–H and O–H groups in total. The van der Waals surface area contributed by atoms with Gasteiger partial charge >= 0.3 is 0 Å². The summed E-state index contributed by atoms with van der Waals surface area (Å²) >= 11 is 1.62. The highest BCUT2D eigenvalue weighted by atomic mass is 32.1. The van der Waals surface area contributed by atoms with Crippen LogP contribution in [0.15, 0.2) is 5.38 Å². The number of thiazole rings is 1. The molecule has 1 aliphatic heterocycles. The molecule has 0 radical (unpaired) electrons. The number of carbonyl (C=O) groups excluding carboxylic acids is 1. The molecule has 4 nitrogen and oxygen atoms in total. The standard InChI is InChI=1S/C12H19N3OS/c1-8-5-10(3-4-13-8)12(16)14-6-11-7-17-9(2)15-11/h7-8,10,13H,3-6H2,1-2H3,(H,14,16). The Labute approximate surface area is 106 Å². The number of hydrogen-bond donors (Lipinski definition) is 2. The van der Waals surface area contributed by atoms with E-state index in [1.54, 1.807) is 11.3 Å². The Morgan fingerprint density at radius 2 is 2.53 bits per heavy atom. The molecule has 1 aromatic heterocycles. The third-order valence-electron chi connectivity index (χ3n) is 3.10. The van der Waals surface area contributed by atoms with Gasteiger partial charge in [-0.3, -0.25) is 4.79 Å². The van der Waals surface area contributed by atoms with Crippen LogP contribution in [0.1, 0.15) is 30.5 Å². The number of aryl methyl sites for hydroxylation is 1. The molecular formula is C12H19N3OS. The maximum absolute atomic E-state index is 12.0. The molecule has 0 spiro atoms. The summed E-state index contributed by atoms with van der Waals surface area (Å²) in [6.07, 6.45) is 1.87. The summed E-state index contributed by atoms with van der Waals surface area (Å²) in [7, 11) is 0. The Morgan fingerprint density at radius 3 is 3.18 bits per heavy atom. The van der Waals surface area contributed by atoms with E-state index in [2.05, 4.69) is 22.5 Å². The van der Waals surface area contributed by atoms with Gasteiger partial charge in [0.2, 0.25) is 5.91 Å². The zero-order valence-corrected chi connectivity index (χ0v) is 11.1. The first-order chi connectivity index (χ1) is 8.15. The minimum atomic E-state index is 0.158. The van der Waals surface area contributed by atoms with Crippen molar-refractivity contribution in [3.63, 3.8) is 0 Å². The highest BCUT2D eigenvalue weighted by molar-refractivity contribution is 7.09. The summed E-state index contributed by atoms with van der Waals surface area (Å²) in [4.78, 5) is 16.3. The Hall–Kier alpha value is -0.940. The molecule has 2 heterocycles. The van der Waals surface area contributed by atoms with Crippen molar-refractivity contribution < 1.29 is 4.79 Å². The minimum absolute atomic E-state index is 0.158. The molecule has 1 aromatic rings. The van der Waals surface area contributed by atoms with E-state index < -0.39 is 0 Å². The van der Waals surface area contributed by atoms with Crippen LogP contribution in [0.2, 0.25) is 0 Å². The maximum Gasteiger partial charge on any atom is 0.223 e. The maximum atomic E-state index is 12.0. The van der Waals surface area contributed by atoms with Crippen molar-refractivity contribution in [1.29, 1.82) is 0 Å². The van der Waals surface area contributed by atoms with Crippen molar-refractivity contribution in [2.24, 2.45) is 5.92 Å². The van der Waals surface area contributed by atoms with Crippen molar-refractivity contribution in [2.45, 2.75) is 39.3 Å². The Balaban J connectivity index is 1.80. The lowest BCUT2D eigenvalue weighted by molar-refractivity contribution is -0.126. The van der Waals surface area contributed by atoms with Crippen LogP contribution in [0.5, 0.6) is 0 Å². The van der Waals surface area contributed by atoms with Gasteiger partial charge < -0.3 is 10.6 Å². The van der Waals surface area contributed by atoms with Crippen LogP contribution < -0.4 is 10.6 Å². The molecule has 2 unspecified atom stereocenters. The summed E-state index contributed by atoms with van der Waals surface area (Å²) < 4.78 is 0. The number of rotatable bonds is 3. The zero-order chi connectivity index (χ0) is 12.3. The number of aromatic nitrogens is 1. The predicted molar refractivity (Wildman–Crippen MR) is 68.9 cm³/mol. The smallest absolute Gasteiger partial charge is 0.223 e. The minimum Gasteiger partial charge on any atom is -0.350 e. The normalized spacial score (nSPS) is 24.6. The molecule has 2 rings (SSSR count). The number of amides is 1. The Kier molecular flexibility index (Phi) is 4.12. The van der Waals surface area contributed by atoms with Crippen molar-refractivity contribution in [3.8, 4) is 0 Å². The van der Waals surface area contributed by atoms with Gasteiger partial charge in [0, 0.05) is 17.3 Å². The summed E-state index contributed by atoms with van der Waals surface area (Å²) in [5.74, 6) is 0.329. The second kappa shape index (κ2) is 5.60. The fourth-order valence-corrected chi connectivity index (χ4v) is 2.79. The summed E-state index contributed by atoms with van der Waals surface area (Å²) in [5, 5.41) is 9.38. The number of carbonyl (C=O) groups is 1. The second-order valence-corrected chi connectivity index (χ2v) is 5.71. The van der Waals surface area contributed by atoms with Crippen molar-refractivity contribution in [3.05, 3.63) is 16.1 Å². The number of nitrogens with one attached hydrogen (secondary N) is 2. The molecule has 1 amide bonds. The van der Waals surface area contributed by atoms with E-state index in [-0.39, 0.29) is 11.8 Å². The highest BCUT2D eigenvalue weighted by Crippen LogP contribution is 2.16. The first-order valence-electron chi connectivity index (χ1n) is 6.07. The quantitative estimate of drug-likeness (QED) is 0.857. The monoisotopic (exact) mass is 253 g/mol. The lowest BCUT2D eigenvalue weighted by Crippen LogP contribution is -2.42. The van der Waals surface area contributed by atoms with Gasteiger partial charge in [-0.05, 0) is 33.2 Å². The second-order valence-electron chi connectivity index (χ2n) is 4.65. The lowest BCUT2D eigenvalue weighted by atomic mass is 9.92. The van der Waals surface area contributed by atoms with Crippen LogP contribution in [0.3, 0.4) is 0 Å². The molecule has 1 saturated heterocycles. The van der Waals surface area contributed by atoms with Crippen LogP contribution in [0.25, 0.3) is 0 Å². The van der Waals surface area contributed by atoms with Crippen LogP contribution in [-0.2, 0) is 11.3 Å². The Morgan fingerprint density at radius 1 is 1.71 bits per heavy atom. The van der Waals surface area contributed by atoms with Gasteiger partial charge in [0.1, 0.15) is 0 Å². The van der Waals surface area contributed by atoms with E-state index in [0.29, 0.717) is 12.6 Å². The molecule has 2 atom stereocenters. The van der Waals surface area contributed by atoms with Crippen molar-refractivity contribution >= 4 is 17.2 Å². The molecule has 1 fully saturated rings. The average Bonchev–Trinajstić information content (AvgIpc) is 2.72. The van der Waals surface area contributed by atoms with Crippen LogP contribution in [0.4, 0.5) is 0 Å². The van der Waals surface area contributed by atoms with E-state index in [4.69, 9.17) is 0 Å². The van der Waals surface area contributed by atoms with Crippen molar-refractivity contribution in [2.75, 3.05) is 6.54 Å². The van der Waals surface area contributed by atoms with Gasteiger partial charge in [-0.2, -0.15) is 0 Å². The number of nitrogens with zero attached hydrogens (tertiary/aromatic N) is 1. The SMILES string of the molecule is Cc1nc(CNC(=O)C2CCNC(C)C2)cs1. The fraction of sp³-hybridized carbons (Fsp3) is 0.667. The summed E-state index contributed by atoms with van der Waals surface area (Å²) in [6.45, 7) is 5.60. The first kappa shape index (κ1) is 12.5. The molecule has 5 heteroatoms. The predicted octanol–water partition coefficient (Wildman–Crippen LogP) is 1.46. The third kappa shape index (κ3) is 3.51. The molecule has 17 heavy (non-hydrogen) atoms. The van der Waals surface area contributed by atoms with Crippen LogP contribution in [0, 0.1) is 12.8 Å². The molecular weight excluding hydrogens is 234 g/mol. The van der Waals surface area contributed by atoms with Gasteiger partial charge in [0.05, 0.1) is 17.2 Å². The molecule has 0 aromatic carbocycles. The number of piperidine rings is 1. The van der Waals surface area contributed by atoms with Gasteiger partial charge in [-0.25, -0.2) is 4.98 Å². The van der Waals surface area contributed by atoms with Gasteiger partial charge in [0.15, 0.2) is 0 Å². The third-order valence-corrected chi connectivity index (χ3v) is 3.93. The van der Waals surface area contributed by atoms with E-state index in [1.807, 2.05) is 12.3 Å². The molecule has 0 aliphatic carbocycles. The van der Waals surface area contributed by atoms with E-state index in [0.717, 1.165) is 30.1 Å². The topological polar surface area (TPSA) is 54.0 Å². The van der Waals surface area contributed by atoms with E-state index in [1.165, 1.54) is 0 Å². The largest absolute Gasteiger partial charge is 0.350 e. The van der Waals surface area contributed by atoms with E-state index in [9.17, 15) is 4.79 Å². The van der Waals surface area contributed by atoms with Gasteiger partial charge in [0.25, 0.3) is 0 Å². The van der Waals surface area contributed by atoms with E-state index >= 15 is 0 Å². The zero-order valence-electron chi connectivity index (χ0n) is 10.3. The lowest BCUT2D eigenvalue weighted by Gasteiger charge is -2.26. The average molecular weight is 253 g/mol. The highest BCUT2D eigenvalue weighted by Gasteiger charge is 2.24. The summed E-state index contributed by atoms with van der Waals surface area (Å²) in [5.41, 5.74) is 0.961. The molecule has 0 saturated carbocycles. The fourth-order valence-electron chi connectivity index (χ4n) is 2.18.